The van der Waals surface area contributed by atoms with E-state index in [0.29, 0.717) is 21.5 Å². The lowest BCUT2D eigenvalue weighted by molar-refractivity contribution is -0.133. The second-order valence-electron chi connectivity index (χ2n) is 10.6. The van der Waals surface area contributed by atoms with Crippen molar-refractivity contribution in [1.82, 2.24) is 9.80 Å². The molecular weight excluding hydrogens is 547 g/mol. The van der Waals surface area contributed by atoms with Gasteiger partial charge in [0.05, 0.1) is 21.8 Å². The highest BCUT2D eigenvalue weighted by Crippen LogP contribution is 2.39. The Labute approximate surface area is 245 Å². The molecule has 0 aliphatic carbocycles. The SMILES string of the molecule is CN(C)c1ccc(-c2cccc(C(CN3CCCC3)N(C)C(=O)CN3C(=O)COc4cc(Cl)c(Cl)cc43)c2)cc1. The van der Waals surface area contributed by atoms with Gasteiger partial charge in [-0.3, -0.25) is 14.5 Å². The number of carbonyl (C=O) groups is 2. The molecule has 7 nitrogen and oxygen atoms in total. The van der Waals surface area contributed by atoms with E-state index in [1.165, 1.54) is 4.90 Å². The van der Waals surface area contributed by atoms with E-state index in [1.807, 2.05) is 27.2 Å². The minimum Gasteiger partial charge on any atom is -0.482 e. The zero-order valence-corrected chi connectivity index (χ0v) is 24.6. The highest BCUT2D eigenvalue weighted by molar-refractivity contribution is 6.42. The lowest BCUT2D eigenvalue weighted by atomic mass is 9.98. The van der Waals surface area contributed by atoms with Gasteiger partial charge in [-0.1, -0.05) is 53.5 Å². The van der Waals surface area contributed by atoms with Crippen LogP contribution in [0.25, 0.3) is 11.1 Å². The maximum absolute atomic E-state index is 13.8. The summed E-state index contributed by atoms with van der Waals surface area (Å²) in [5.41, 5.74) is 4.86. The topological polar surface area (TPSA) is 56.3 Å². The first-order chi connectivity index (χ1) is 19.2. The summed E-state index contributed by atoms with van der Waals surface area (Å²) >= 11 is 12.4. The van der Waals surface area contributed by atoms with Crippen molar-refractivity contribution in [1.29, 1.82) is 0 Å². The van der Waals surface area contributed by atoms with Gasteiger partial charge in [-0.2, -0.15) is 0 Å². The first kappa shape index (κ1) is 28.3. The normalized spacial score (nSPS) is 15.9. The van der Waals surface area contributed by atoms with E-state index in [9.17, 15) is 9.59 Å². The standard InChI is InChI=1S/C31H34Cl2N4O3/c1-34(2)24-11-9-21(10-12-24)22-7-6-8-23(15-22)28(18-36-13-4-5-14-36)35(3)30(38)19-37-27-16-25(32)26(33)17-29(27)40-20-31(37)39/h6-12,15-17,28H,4-5,13-14,18-20H2,1-3H3. The van der Waals surface area contributed by atoms with E-state index in [2.05, 4.69) is 52.3 Å². The van der Waals surface area contributed by atoms with Crippen molar-refractivity contribution in [2.24, 2.45) is 0 Å². The number of likely N-dealkylation sites (N-methyl/N-ethyl adjacent to an activating group) is 1. The molecule has 1 saturated heterocycles. The minimum absolute atomic E-state index is 0.119. The number of amides is 2. The number of hydrogen-bond donors (Lipinski definition) is 0. The third kappa shape index (κ3) is 6.07. The number of fused-ring (bicyclic) bond motifs is 1. The third-order valence-electron chi connectivity index (χ3n) is 7.72. The van der Waals surface area contributed by atoms with Crippen LogP contribution in [0.5, 0.6) is 5.75 Å². The van der Waals surface area contributed by atoms with Crippen LogP contribution in [-0.4, -0.2) is 75.5 Å². The molecule has 0 saturated carbocycles. The zero-order chi connectivity index (χ0) is 28.4. The van der Waals surface area contributed by atoms with Gasteiger partial charge in [0.25, 0.3) is 5.91 Å². The third-order valence-corrected chi connectivity index (χ3v) is 8.44. The molecule has 5 rings (SSSR count). The average molecular weight is 582 g/mol. The maximum atomic E-state index is 13.8. The molecule has 0 bridgehead atoms. The molecule has 9 heteroatoms. The van der Waals surface area contributed by atoms with E-state index < -0.39 is 0 Å². The van der Waals surface area contributed by atoms with E-state index in [4.69, 9.17) is 27.9 Å². The number of halogens is 2. The summed E-state index contributed by atoms with van der Waals surface area (Å²) in [6.45, 7) is 2.47. The van der Waals surface area contributed by atoms with E-state index in [1.54, 1.807) is 17.0 Å². The molecule has 3 aromatic rings. The molecule has 1 atom stereocenters. The molecule has 1 unspecified atom stereocenters. The number of hydrogen-bond acceptors (Lipinski definition) is 5. The lowest BCUT2D eigenvalue weighted by Crippen LogP contribution is -2.47. The molecule has 0 radical (unpaired) electrons. The summed E-state index contributed by atoms with van der Waals surface area (Å²) in [5, 5.41) is 0.631. The molecule has 2 heterocycles. The highest BCUT2D eigenvalue weighted by Gasteiger charge is 2.32. The summed E-state index contributed by atoms with van der Waals surface area (Å²) in [6.07, 6.45) is 2.32. The van der Waals surface area contributed by atoms with Gasteiger partial charge >= 0.3 is 0 Å². The Morgan fingerprint density at radius 2 is 1.65 bits per heavy atom. The number of nitrogens with zero attached hydrogens (tertiary/aromatic N) is 4. The Balaban J connectivity index is 1.42. The van der Waals surface area contributed by atoms with Crippen molar-refractivity contribution in [3.8, 4) is 16.9 Å². The van der Waals surface area contributed by atoms with Crippen molar-refractivity contribution in [2.75, 3.05) is 63.7 Å². The average Bonchev–Trinajstić information content (AvgIpc) is 3.47. The van der Waals surface area contributed by atoms with Gasteiger partial charge in [-0.15, -0.1) is 0 Å². The van der Waals surface area contributed by atoms with Crippen LogP contribution >= 0.6 is 23.2 Å². The molecular formula is C31H34Cl2N4O3. The second kappa shape index (κ2) is 12.1. The van der Waals surface area contributed by atoms with Gasteiger partial charge in [0.15, 0.2) is 6.61 Å². The fraction of sp³-hybridized carbons (Fsp3) is 0.355. The van der Waals surface area contributed by atoms with Crippen molar-refractivity contribution >= 4 is 46.4 Å². The fourth-order valence-corrected chi connectivity index (χ4v) is 5.64. The van der Waals surface area contributed by atoms with E-state index in [0.717, 1.165) is 54.9 Å². The van der Waals surface area contributed by atoms with Gasteiger partial charge in [0.1, 0.15) is 12.3 Å². The van der Waals surface area contributed by atoms with Crippen molar-refractivity contribution in [2.45, 2.75) is 18.9 Å². The van der Waals surface area contributed by atoms with Crippen LogP contribution in [0.3, 0.4) is 0 Å². The summed E-state index contributed by atoms with van der Waals surface area (Å²) in [4.78, 5) is 34.3. The maximum Gasteiger partial charge on any atom is 0.265 e. The molecule has 1 fully saturated rings. The Morgan fingerprint density at radius 1 is 0.950 bits per heavy atom. The van der Waals surface area contributed by atoms with Crippen LogP contribution in [-0.2, 0) is 9.59 Å². The molecule has 40 heavy (non-hydrogen) atoms. The lowest BCUT2D eigenvalue weighted by Gasteiger charge is -2.35. The molecule has 3 aromatic carbocycles. The van der Waals surface area contributed by atoms with Crippen LogP contribution in [0.4, 0.5) is 11.4 Å². The molecule has 210 valence electrons. The van der Waals surface area contributed by atoms with E-state index >= 15 is 0 Å². The zero-order valence-electron chi connectivity index (χ0n) is 23.1. The summed E-state index contributed by atoms with van der Waals surface area (Å²) in [6, 6.07) is 19.8. The van der Waals surface area contributed by atoms with Crippen LogP contribution in [0.15, 0.2) is 60.7 Å². The van der Waals surface area contributed by atoms with Gasteiger partial charge in [0.2, 0.25) is 5.91 Å². The van der Waals surface area contributed by atoms with Gasteiger partial charge in [-0.25, -0.2) is 0 Å². The molecule has 0 aromatic heterocycles. The quantitative estimate of drug-likeness (QED) is 0.339. The Morgan fingerprint density at radius 3 is 2.35 bits per heavy atom. The van der Waals surface area contributed by atoms with Crippen molar-refractivity contribution < 1.29 is 14.3 Å². The number of anilines is 2. The Bertz CT molecular complexity index is 1390. The number of likely N-dealkylation sites (tertiary alicyclic amines) is 1. The number of carbonyl (C=O) groups excluding carboxylic acids is 2. The first-order valence-corrected chi connectivity index (χ1v) is 14.2. The molecule has 2 amide bonds. The number of benzene rings is 3. The number of ether oxygens (including phenoxy) is 1. The molecule has 0 N–H and O–H groups in total. The molecule has 0 spiro atoms. The Kier molecular flexibility index (Phi) is 8.54. The fourth-order valence-electron chi connectivity index (χ4n) is 5.33. The van der Waals surface area contributed by atoms with Gasteiger partial charge in [-0.05, 0) is 66.9 Å². The smallest absolute Gasteiger partial charge is 0.265 e. The predicted octanol–water partition coefficient (Wildman–Crippen LogP) is 5.75. The van der Waals surface area contributed by atoms with Crippen molar-refractivity contribution in [3.05, 3.63) is 76.3 Å². The predicted molar refractivity (Wildman–Crippen MR) is 162 cm³/mol. The van der Waals surface area contributed by atoms with Crippen LogP contribution in [0.2, 0.25) is 10.0 Å². The van der Waals surface area contributed by atoms with Gasteiger partial charge < -0.3 is 19.4 Å². The summed E-state index contributed by atoms with van der Waals surface area (Å²) < 4.78 is 5.56. The highest BCUT2D eigenvalue weighted by atomic mass is 35.5. The van der Waals surface area contributed by atoms with Gasteiger partial charge in [0, 0.05) is 39.4 Å². The summed E-state index contributed by atoms with van der Waals surface area (Å²) in [5.74, 6) is -0.0323. The second-order valence-corrected chi connectivity index (χ2v) is 11.4. The Hall–Kier alpha value is -3.26. The van der Waals surface area contributed by atoms with Crippen molar-refractivity contribution in [3.63, 3.8) is 0 Å². The van der Waals surface area contributed by atoms with Crippen LogP contribution in [0, 0.1) is 0 Å². The molecule has 2 aliphatic heterocycles. The van der Waals surface area contributed by atoms with E-state index in [-0.39, 0.29) is 31.0 Å². The van der Waals surface area contributed by atoms with Crippen LogP contribution in [0.1, 0.15) is 24.4 Å². The number of rotatable bonds is 8. The largest absolute Gasteiger partial charge is 0.482 e. The minimum atomic E-state index is -0.299. The molecule has 2 aliphatic rings. The first-order valence-electron chi connectivity index (χ1n) is 13.5. The summed E-state index contributed by atoms with van der Waals surface area (Å²) in [7, 11) is 5.87. The van der Waals surface area contributed by atoms with Crippen LogP contribution < -0.4 is 14.5 Å². The monoisotopic (exact) mass is 580 g/mol.